The standard InChI is InChI=1S/C8H12N2O2/c1-3-6(2)10-5-4-7(9-10)8(11)12/h4-6H,3H2,1-2H3,(H,11,12). The van der Waals surface area contributed by atoms with E-state index in [4.69, 9.17) is 5.11 Å². The summed E-state index contributed by atoms with van der Waals surface area (Å²) in [5.41, 5.74) is 0.107. The van der Waals surface area contributed by atoms with Crippen LogP contribution in [-0.2, 0) is 0 Å². The van der Waals surface area contributed by atoms with Crippen LogP contribution in [0.2, 0.25) is 0 Å². The van der Waals surface area contributed by atoms with Crippen LogP contribution >= 0.6 is 0 Å². The molecule has 4 nitrogen and oxygen atoms in total. The van der Waals surface area contributed by atoms with E-state index in [1.807, 2.05) is 13.8 Å². The molecule has 12 heavy (non-hydrogen) atoms. The number of carboxylic acid groups (broad SMARTS) is 1. The second-order valence-corrected chi connectivity index (χ2v) is 2.74. The molecule has 0 bridgehead atoms. The van der Waals surface area contributed by atoms with Crippen LogP contribution in [0.5, 0.6) is 0 Å². The summed E-state index contributed by atoms with van der Waals surface area (Å²) < 4.78 is 1.67. The van der Waals surface area contributed by atoms with Crippen LogP contribution in [0.3, 0.4) is 0 Å². The van der Waals surface area contributed by atoms with Crippen molar-refractivity contribution >= 4 is 5.97 Å². The highest BCUT2D eigenvalue weighted by Gasteiger charge is 2.08. The van der Waals surface area contributed by atoms with Gasteiger partial charge in [0.1, 0.15) is 0 Å². The van der Waals surface area contributed by atoms with E-state index in [2.05, 4.69) is 5.10 Å². The molecule has 1 heterocycles. The molecule has 1 aromatic heterocycles. The van der Waals surface area contributed by atoms with Gasteiger partial charge in [-0.2, -0.15) is 5.10 Å². The average Bonchev–Trinajstić information content (AvgIpc) is 2.51. The Hall–Kier alpha value is -1.32. The highest BCUT2D eigenvalue weighted by atomic mass is 16.4. The van der Waals surface area contributed by atoms with Crippen molar-refractivity contribution in [3.63, 3.8) is 0 Å². The van der Waals surface area contributed by atoms with Crippen molar-refractivity contribution in [1.29, 1.82) is 0 Å². The van der Waals surface area contributed by atoms with E-state index < -0.39 is 5.97 Å². The summed E-state index contributed by atoms with van der Waals surface area (Å²) in [5.74, 6) is -0.975. The minimum absolute atomic E-state index is 0.107. The minimum atomic E-state index is -0.975. The van der Waals surface area contributed by atoms with Crippen LogP contribution in [0.1, 0.15) is 36.8 Å². The van der Waals surface area contributed by atoms with Crippen molar-refractivity contribution in [2.24, 2.45) is 0 Å². The molecule has 1 aromatic rings. The molecule has 0 fully saturated rings. The molecule has 0 aliphatic carbocycles. The molecular formula is C8H12N2O2. The van der Waals surface area contributed by atoms with Crippen LogP contribution in [0.15, 0.2) is 12.3 Å². The molecule has 1 rings (SSSR count). The van der Waals surface area contributed by atoms with Crippen LogP contribution in [-0.4, -0.2) is 20.9 Å². The lowest BCUT2D eigenvalue weighted by atomic mass is 10.3. The van der Waals surface area contributed by atoms with Crippen molar-refractivity contribution in [3.05, 3.63) is 18.0 Å². The average molecular weight is 168 g/mol. The molecule has 0 aliphatic heterocycles. The smallest absolute Gasteiger partial charge is 0.356 e. The van der Waals surface area contributed by atoms with Gasteiger partial charge in [0.15, 0.2) is 5.69 Å². The number of hydrogen-bond acceptors (Lipinski definition) is 2. The zero-order valence-electron chi connectivity index (χ0n) is 7.19. The Labute approximate surface area is 70.8 Å². The lowest BCUT2D eigenvalue weighted by molar-refractivity contribution is 0.0689. The van der Waals surface area contributed by atoms with Crippen LogP contribution in [0.4, 0.5) is 0 Å². The number of aromatic carboxylic acids is 1. The molecule has 1 atom stereocenters. The van der Waals surface area contributed by atoms with Gasteiger partial charge in [0.05, 0.1) is 0 Å². The van der Waals surface area contributed by atoms with E-state index in [0.29, 0.717) is 0 Å². The van der Waals surface area contributed by atoms with Gasteiger partial charge in [-0.1, -0.05) is 6.92 Å². The first-order valence-electron chi connectivity index (χ1n) is 3.93. The SMILES string of the molecule is CCC(C)n1ccc(C(=O)O)n1. The molecule has 0 saturated carbocycles. The van der Waals surface area contributed by atoms with Gasteiger partial charge in [0, 0.05) is 12.2 Å². The number of hydrogen-bond donors (Lipinski definition) is 1. The Balaban J connectivity index is 2.84. The molecule has 0 aliphatic rings. The Morgan fingerprint density at radius 3 is 2.92 bits per heavy atom. The number of rotatable bonds is 3. The third-order valence-corrected chi connectivity index (χ3v) is 1.87. The zero-order chi connectivity index (χ0) is 9.14. The maximum absolute atomic E-state index is 10.4. The maximum Gasteiger partial charge on any atom is 0.356 e. The summed E-state index contributed by atoms with van der Waals surface area (Å²) in [6.07, 6.45) is 2.64. The normalized spacial score (nSPS) is 12.8. The number of carbonyl (C=O) groups is 1. The van der Waals surface area contributed by atoms with E-state index in [1.54, 1.807) is 10.9 Å². The first-order valence-corrected chi connectivity index (χ1v) is 3.93. The van der Waals surface area contributed by atoms with Crippen LogP contribution in [0.25, 0.3) is 0 Å². The van der Waals surface area contributed by atoms with E-state index >= 15 is 0 Å². The van der Waals surface area contributed by atoms with Gasteiger partial charge in [0.25, 0.3) is 0 Å². The van der Waals surface area contributed by atoms with Crippen LogP contribution in [0, 0.1) is 0 Å². The maximum atomic E-state index is 10.4. The molecule has 0 spiro atoms. The molecule has 0 amide bonds. The van der Waals surface area contributed by atoms with E-state index in [0.717, 1.165) is 6.42 Å². The van der Waals surface area contributed by atoms with Crippen molar-refractivity contribution < 1.29 is 9.90 Å². The fourth-order valence-corrected chi connectivity index (χ4v) is 0.885. The summed E-state index contributed by atoms with van der Waals surface area (Å²) in [7, 11) is 0. The van der Waals surface area contributed by atoms with Crippen molar-refractivity contribution in [3.8, 4) is 0 Å². The third kappa shape index (κ3) is 1.64. The van der Waals surface area contributed by atoms with Crippen molar-refractivity contribution in [2.45, 2.75) is 26.3 Å². The van der Waals surface area contributed by atoms with E-state index in [1.165, 1.54) is 6.07 Å². The van der Waals surface area contributed by atoms with Gasteiger partial charge in [-0.05, 0) is 19.4 Å². The molecule has 0 saturated heterocycles. The predicted molar refractivity (Wildman–Crippen MR) is 44.2 cm³/mol. The fourth-order valence-electron chi connectivity index (χ4n) is 0.885. The Morgan fingerprint density at radius 1 is 1.83 bits per heavy atom. The second-order valence-electron chi connectivity index (χ2n) is 2.74. The van der Waals surface area contributed by atoms with Gasteiger partial charge in [-0.25, -0.2) is 4.79 Å². The predicted octanol–water partition coefficient (Wildman–Crippen LogP) is 1.55. The monoisotopic (exact) mass is 168 g/mol. The van der Waals surface area contributed by atoms with Crippen molar-refractivity contribution in [2.75, 3.05) is 0 Å². The lowest BCUT2D eigenvalue weighted by Crippen LogP contribution is -2.06. The largest absolute Gasteiger partial charge is 0.476 e. The minimum Gasteiger partial charge on any atom is -0.476 e. The molecule has 0 radical (unpaired) electrons. The number of aromatic nitrogens is 2. The first-order chi connectivity index (χ1) is 5.65. The molecular weight excluding hydrogens is 156 g/mol. The molecule has 4 heteroatoms. The lowest BCUT2D eigenvalue weighted by Gasteiger charge is -2.07. The summed E-state index contributed by atoms with van der Waals surface area (Å²) in [5, 5.41) is 12.5. The quantitative estimate of drug-likeness (QED) is 0.745. The van der Waals surface area contributed by atoms with Crippen molar-refractivity contribution in [1.82, 2.24) is 9.78 Å². The topological polar surface area (TPSA) is 55.1 Å². The van der Waals surface area contributed by atoms with Gasteiger partial charge in [0.2, 0.25) is 0 Å². The van der Waals surface area contributed by atoms with E-state index in [9.17, 15) is 4.79 Å². The Morgan fingerprint density at radius 2 is 2.50 bits per heavy atom. The fraction of sp³-hybridized carbons (Fsp3) is 0.500. The summed E-state index contributed by atoms with van der Waals surface area (Å²) >= 11 is 0. The van der Waals surface area contributed by atoms with Gasteiger partial charge in [-0.15, -0.1) is 0 Å². The highest BCUT2D eigenvalue weighted by Crippen LogP contribution is 2.08. The molecule has 66 valence electrons. The Kier molecular flexibility index (Phi) is 2.47. The summed E-state index contributed by atoms with van der Waals surface area (Å²) in [6, 6.07) is 1.77. The third-order valence-electron chi connectivity index (χ3n) is 1.87. The van der Waals surface area contributed by atoms with E-state index in [-0.39, 0.29) is 11.7 Å². The van der Waals surface area contributed by atoms with Gasteiger partial charge < -0.3 is 5.11 Å². The summed E-state index contributed by atoms with van der Waals surface area (Å²) in [6.45, 7) is 4.03. The molecule has 0 aromatic carbocycles. The van der Waals surface area contributed by atoms with Gasteiger partial charge >= 0.3 is 5.97 Å². The highest BCUT2D eigenvalue weighted by molar-refractivity contribution is 5.85. The first kappa shape index (κ1) is 8.77. The second kappa shape index (κ2) is 3.38. The van der Waals surface area contributed by atoms with Crippen LogP contribution < -0.4 is 0 Å². The Bertz CT molecular complexity index is 280. The zero-order valence-corrected chi connectivity index (χ0v) is 7.19. The molecule has 1 unspecified atom stereocenters. The molecule has 1 N–H and O–H groups in total. The summed E-state index contributed by atoms with van der Waals surface area (Å²) in [4.78, 5) is 10.4. The number of carboxylic acids is 1. The number of nitrogens with zero attached hydrogens (tertiary/aromatic N) is 2. The van der Waals surface area contributed by atoms with Gasteiger partial charge in [-0.3, -0.25) is 4.68 Å².